The predicted octanol–water partition coefficient (Wildman–Crippen LogP) is 8.58. The van der Waals surface area contributed by atoms with Crippen LogP contribution in [0.3, 0.4) is 0 Å². The van der Waals surface area contributed by atoms with Gasteiger partial charge in [0.15, 0.2) is 0 Å². The fraction of sp³-hybridized carbons (Fsp3) is 0.0667. The van der Waals surface area contributed by atoms with Crippen molar-refractivity contribution in [3.8, 4) is 68.1 Å². The lowest BCUT2D eigenvalue weighted by atomic mass is 10.1. The van der Waals surface area contributed by atoms with Gasteiger partial charge in [-0.25, -0.2) is 0 Å². The Balaban J connectivity index is 1.54. The summed E-state index contributed by atoms with van der Waals surface area (Å²) in [6.45, 7) is 6.67. The predicted molar refractivity (Wildman–Crippen MR) is 207 cm³/mol. The molecular formula is C45H36Si2. The minimum Gasteiger partial charge on any atom is -0.118 e. The summed E-state index contributed by atoms with van der Waals surface area (Å²) in [5, 5.41) is 3.67. The molecule has 0 amide bonds. The van der Waals surface area contributed by atoms with Gasteiger partial charge in [-0.15, -0.1) is 11.1 Å². The van der Waals surface area contributed by atoms with E-state index in [0.29, 0.717) is 0 Å². The maximum Gasteiger partial charge on any atom is 0.231 e. The number of hydrogen-bond acceptors (Lipinski definition) is 0. The average molecular weight is 633 g/mol. The lowest BCUT2D eigenvalue weighted by Crippen LogP contribution is -2.66. The molecule has 0 fully saturated rings. The Kier molecular flexibility index (Phi) is 9.52. The maximum absolute atomic E-state index is 3.82. The van der Waals surface area contributed by atoms with Gasteiger partial charge in [-0.2, -0.15) is 0 Å². The van der Waals surface area contributed by atoms with Crippen molar-refractivity contribution in [3.05, 3.63) is 164 Å². The normalized spacial score (nSPS) is 10.8. The Hall–Kier alpha value is -5.57. The minimum atomic E-state index is -2.90. The highest BCUT2D eigenvalue weighted by Gasteiger charge is 2.38. The van der Waals surface area contributed by atoms with E-state index in [0.717, 1.165) is 0 Å². The summed E-state index contributed by atoms with van der Waals surface area (Å²) < 4.78 is 0. The number of hydrogen-bond donors (Lipinski definition) is 0. The van der Waals surface area contributed by atoms with Gasteiger partial charge in [0.1, 0.15) is 8.07 Å². The van der Waals surface area contributed by atoms with Crippen LogP contribution in [0.5, 0.6) is 0 Å². The summed E-state index contributed by atoms with van der Waals surface area (Å²) in [4.78, 5) is 0. The summed E-state index contributed by atoms with van der Waals surface area (Å²) in [5.74, 6) is 12.5. The van der Waals surface area contributed by atoms with Crippen LogP contribution in [0.2, 0.25) is 19.6 Å². The Bertz CT molecular complexity index is 1920. The highest BCUT2D eigenvalue weighted by molar-refractivity contribution is 7.16. The monoisotopic (exact) mass is 632 g/mol. The second-order valence-corrected chi connectivity index (χ2v) is 20.8. The molecule has 0 saturated carbocycles. The molecule has 6 aromatic carbocycles. The van der Waals surface area contributed by atoms with Gasteiger partial charge in [-0.1, -0.05) is 183 Å². The van der Waals surface area contributed by atoms with E-state index in [1.807, 2.05) is 0 Å². The molecule has 0 bridgehead atoms. The van der Waals surface area contributed by atoms with Gasteiger partial charge >= 0.3 is 0 Å². The average Bonchev–Trinajstić information content (AvgIpc) is 3.12. The van der Waals surface area contributed by atoms with Crippen molar-refractivity contribution in [3.63, 3.8) is 0 Å². The van der Waals surface area contributed by atoms with E-state index in [1.54, 1.807) is 0 Å². The molecule has 0 saturated heterocycles. The van der Waals surface area contributed by atoms with Crippen LogP contribution in [0.15, 0.2) is 164 Å². The summed E-state index contributed by atoms with van der Waals surface area (Å²) in [7, 11) is -4.41. The van der Waals surface area contributed by atoms with Gasteiger partial charge in [0.2, 0.25) is 8.07 Å². The molecule has 0 atom stereocenters. The molecule has 0 aliphatic carbocycles. The largest absolute Gasteiger partial charge is 0.231 e. The quantitative estimate of drug-likeness (QED) is 0.0980. The molecule has 0 nitrogen and oxygen atoms in total. The molecule has 0 aliphatic heterocycles. The zero-order valence-electron chi connectivity index (χ0n) is 27.1. The minimum absolute atomic E-state index is 1.19. The van der Waals surface area contributed by atoms with Gasteiger partial charge in [0.05, 0.1) is 0 Å². The van der Waals surface area contributed by atoms with E-state index in [9.17, 15) is 0 Å². The number of rotatable bonds is 6. The fourth-order valence-electron chi connectivity index (χ4n) is 5.75. The molecule has 0 N–H and O–H groups in total. The lowest BCUT2D eigenvalue weighted by Gasteiger charge is -2.28. The maximum atomic E-state index is 3.82. The van der Waals surface area contributed by atoms with E-state index in [4.69, 9.17) is 0 Å². The molecule has 6 rings (SSSR count). The summed E-state index contributed by atoms with van der Waals surface area (Å²) in [6.07, 6.45) is 0. The van der Waals surface area contributed by atoms with Crippen molar-refractivity contribution in [2.75, 3.05) is 0 Å². The number of benzene rings is 6. The van der Waals surface area contributed by atoms with Crippen LogP contribution in [0, 0.1) is 34.8 Å². The zero-order chi connectivity index (χ0) is 32.5. The molecular weight excluding hydrogens is 597 g/mol. The Morgan fingerprint density at radius 3 is 0.872 bits per heavy atom. The molecule has 0 radical (unpaired) electrons. The van der Waals surface area contributed by atoms with Crippen molar-refractivity contribution >= 4 is 31.7 Å². The second kappa shape index (κ2) is 14.2. The molecule has 47 heavy (non-hydrogen) atoms. The van der Waals surface area contributed by atoms with Crippen LogP contribution < -0.4 is 15.6 Å². The summed E-state index contributed by atoms with van der Waals surface area (Å²) in [6, 6.07) is 58.6. The molecule has 0 heterocycles. The zero-order valence-corrected chi connectivity index (χ0v) is 29.1. The second-order valence-electron chi connectivity index (χ2n) is 12.6. The summed E-state index contributed by atoms with van der Waals surface area (Å²) in [5.41, 5.74) is 14.3. The van der Waals surface area contributed by atoms with Gasteiger partial charge in [0.25, 0.3) is 0 Å². The standard InChI is InChI=1S/C45H36Si2/c1-46(2,3)35-15-4-5-16-36-47(43-29-23-40(24-30-43)37-17-9-6-10-18-37,44-31-25-41(26-32-44)38-19-11-7-12-20-38)45-33-27-42(28-34-45)39-21-13-8-14-22-39/h6-14,17-34H,1-3H3. The molecule has 0 unspecified atom stereocenters. The van der Waals surface area contributed by atoms with Crippen molar-refractivity contribution in [1.29, 1.82) is 0 Å². The van der Waals surface area contributed by atoms with Crippen molar-refractivity contribution in [2.24, 2.45) is 0 Å². The Labute approximate surface area is 282 Å². The van der Waals surface area contributed by atoms with Crippen LogP contribution in [0.25, 0.3) is 33.4 Å². The smallest absolute Gasteiger partial charge is 0.118 e. The van der Waals surface area contributed by atoms with Crippen molar-refractivity contribution in [2.45, 2.75) is 19.6 Å². The molecule has 6 aromatic rings. The van der Waals surface area contributed by atoms with Crippen LogP contribution in [0.4, 0.5) is 0 Å². The van der Waals surface area contributed by atoms with Gasteiger partial charge in [0, 0.05) is 0 Å². The molecule has 2 heteroatoms. The van der Waals surface area contributed by atoms with Gasteiger partial charge in [-0.3, -0.25) is 0 Å². The van der Waals surface area contributed by atoms with E-state index in [2.05, 4.69) is 218 Å². The van der Waals surface area contributed by atoms with Crippen molar-refractivity contribution < 1.29 is 0 Å². The molecule has 0 aliphatic rings. The fourth-order valence-corrected chi connectivity index (χ4v) is 9.87. The first-order chi connectivity index (χ1) is 22.9. The van der Waals surface area contributed by atoms with E-state index < -0.39 is 16.1 Å². The van der Waals surface area contributed by atoms with Crippen LogP contribution >= 0.6 is 0 Å². The van der Waals surface area contributed by atoms with Crippen LogP contribution in [-0.2, 0) is 0 Å². The first-order valence-corrected chi connectivity index (χ1v) is 21.4. The third kappa shape index (κ3) is 7.47. The third-order valence-electron chi connectivity index (χ3n) is 8.15. The highest BCUT2D eigenvalue weighted by atomic mass is 28.3. The van der Waals surface area contributed by atoms with E-state index in [-0.39, 0.29) is 0 Å². The topological polar surface area (TPSA) is 0 Å². The lowest BCUT2D eigenvalue weighted by molar-refractivity contribution is 1.61. The van der Waals surface area contributed by atoms with Crippen LogP contribution in [-0.4, -0.2) is 16.1 Å². The van der Waals surface area contributed by atoms with Crippen LogP contribution in [0.1, 0.15) is 0 Å². The van der Waals surface area contributed by atoms with Gasteiger partial charge < -0.3 is 0 Å². The van der Waals surface area contributed by atoms with E-state index in [1.165, 1.54) is 48.9 Å². The van der Waals surface area contributed by atoms with Gasteiger partial charge in [-0.05, 0) is 72.6 Å². The Morgan fingerprint density at radius 2 is 0.574 bits per heavy atom. The first-order valence-electron chi connectivity index (χ1n) is 15.9. The highest BCUT2D eigenvalue weighted by Crippen LogP contribution is 2.22. The summed E-state index contributed by atoms with van der Waals surface area (Å²) >= 11 is 0. The Morgan fingerprint density at radius 1 is 0.298 bits per heavy atom. The third-order valence-corrected chi connectivity index (χ3v) is 13.1. The SMILES string of the molecule is C[Si](C)(C)C#CC#CC#C[Si](c1ccc(-c2ccccc2)cc1)(c1ccc(-c2ccccc2)cc1)c1ccc(-c2ccccc2)cc1. The van der Waals surface area contributed by atoms with E-state index >= 15 is 0 Å². The molecule has 0 aromatic heterocycles. The molecule has 0 spiro atoms. The van der Waals surface area contributed by atoms with Crippen molar-refractivity contribution in [1.82, 2.24) is 0 Å². The first kappa shape index (κ1) is 31.4. The molecule has 224 valence electrons.